The molecule has 19 nitrogen and oxygen atoms in total. The van der Waals surface area contributed by atoms with E-state index in [2.05, 4.69) is 0 Å². The molecule has 0 aromatic heterocycles. The van der Waals surface area contributed by atoms with Crippen LogP contribution in [-0.4, -0.2) is 52.4 Å². The van der Waals surface area contributed by atoms with Crippen LogP contribution in [0, 0.1) is 40.5 Å². The van der Waals surface area contributed by atoms with Gasteiger partial charge in [-0.05, 0) is 5.75 Å². The first kappa shape index (κ1) is 27.5. The first-order valence-electron chi connectivity index (χ1n) is 7.45. The number of nitro groups is 4. The van der Waals surface area contributed by atoms with Crippen molar-refractivity contribution < 1.29 is 55.2 Å². The highest BCUT2D eigenvalue weighted by atomic mass is 16.6. The lowest BCUT2D eigenvalue weighted by Gasteiger charge is -2.09. The summed E-state index contributed by atoms with van der Waals surface area (Å²) in [6.45, 7) is 0. The number of non-ortho nitro benzene ring substituents is 2. The molecule has 0 fully saturated rings. The van der Waals surface area contributed by atoms with E-state index in [9.17, 15) is 60.3 Å². The number of aromatic carboxylic acids is 2. The number of carboxylic acid groups (broad SMARTS) is 2. The number of aromatic hydroxyl groups is 1. The van der Waals surface area contributed by atoms with Crippen LogP contribution in [0.1, 0.15) is 20.7 Å². The van der Waals surface area contributed by atoms with Crippen molar-refractivity contribution in [2.24, 2.45) is 0 Å². The summed E-state index contributed by atoms with van der Waals surface area (Å²) < 4.78 is 0. The van der Waals surface area contributed by atoms with Crippen LogP contribution in [0.25, 0.3) is 0 Å². The molecule has 0 radical (unpaired) electrons. The lowest BCUT2D eigenvalue weighted by molar-refractivity contribution is -0.403. The van der Waals surface area contributed by atoms with Gasteiger partial charge in [0.25, 0.3) is 17.1 Å². The van der Waals surface area contributed by atoms with Crippen molar-refractivity contribution in [2.45, 2.75) is 0 Å². The molecular weight excluding hydrogens is 464 g/mol. The van der Waals surface area contributed by atoms with Gasteiger partial charge >= 0.3 is 17.6 Å². The third kappa shape index (κ3) is 6.26. The van der Waals surface area contributed by atoms with E-state index in [0.717, 1.165) is 0 Å². The number of carbonyl (C=O) groups is 2. The Hall–Kier alpha value is -5.46. The lowest BCUT2D eigenvalue weighted by Crippen LogP contribution is -2.08. The minimum atomic E-state index is -1.75. The molecule has 2 aromatic rings. The van der Waals surface area contributed by atoms with E-state index in [0.29, 0.717) is 24.3 Å². The zero-order chi connectivity index (χ0) is 24.9. The molecule has 0 atom stereocenters. The summed E-state index contributed by atoms with van der Waals surface area (Å²) in [5.74, 6) is -5.91. The van der Waals surface area contributed by atoms with Gasteiger partial charge in [0.2, 0.25) is 5.75 Å². The number of nitro benzene ring substituents is 4. The van der Waals surface area contributed by atoms with Crippen LogP contribution in [-0.2, 0) is 0 Å². The highest BCUT2D eigenvalue weighted by molar-refractivity contribution is 5.94. The number of hydrogen-bond acceptors (Lipinski definition) is 12. The topological polar surface area (TPSA) is 322 Å². The molecule has 0 amide bonds. The fourth-order valence-electron chi connectivity index (χ4n) is 2.01. The molecule has 2 aromatic carbocycles. The Morgan fingerprint density at radius 2 is 1.03 bits per heavy atom. The second-order valence-corrected chi connectivity index (χ2v) is 5.34. The van der Waals surface area contributed by atoms with Crippen molar-refractivity contribution in [2.75, 3.05) is 0 Å². The number of benzene rings is 2. The Morgan fingerprint density at radius 1 is 0.667 bits per heavy atom. The Morgan fingerprint density at radius 3 is 1.36 bits per heavy atom. The highest BCUT2D eigenvalue weighted by Crippen LogP contribution is 2.34. The summed E-state index contributed by atoms with van der Waals surface area (Å²) in [7, 11) is 0. The fraction of sp³-hybridized carbons (Fsp3) is 0. The molecule has 0 heterocycles. The fourth-order valence-corrected chi connectivity index (χ4v) is 2.01. The van der Waals surface area contributed by atoms with Crippen LogP contribution in [0.3, 0.4) is 0 Å². The van der Waals surface area contributed by atoms with E-state index in [1.165, 1.54) is 0 Å². The number of nitrogens with zero attached hydrogens (tertiary/aromatic N) is 4. The first-order valence-corrected chi connectivity index (χ1v) is 7.45. The van der Waals surface area contributed by atoms with Gasteiger partial charge in [-0.2, -0.15) is 0 Å². The van der Waals surface area contributed by atoms with Crippen LogP contribution in [0.5, 0.6) is 11.5 Å². The minimum absolute atomic E-state index is 0. The second-order valence-electron chi connectivity index (χ2n) is 5.34. The van der Waals surface area contributed by atoms with Crippen molar-refractivity contribution in [3.05, 3.63) is 75.8 Å². The molecule has 0 spiro atoms. The van der Waals surface area contributed by atoms with E-state index >= 15 is 0 Å². The summed E-state index contributed by atoms with van der Waals surface area (Å²) in [4.78, 5) is 58.3. The van der Waals surface area contributed by atoms with Gasteiger partial charge in [-0.25, -0.2) is 9.59 Å². The molecule has 0 bridgehead atoms. The lowest BCUT2D eigenvalue weighted by atomic mass is 10.1. The number of rotatable bonds is 6. The van der Waals surface area contributed by atoms with Gasteiger partial charge in [0.1, 0.15) is 5.56 Å². The summed E-state index contributed by atoms with van der Waals surface area (Å²) >= 11 is 0. The zero-order valence-corrected chi connectivity index (χ0v) is 15.4. The van der Waals surface area contributed by atoms with Gasteiger partial charge in [-0.15, -0.1) is 0 Å². The van der Waals surface area contributed by atoms with E-state index < -0.39 is 77.0 Å². The van der Waals surface area contributed by atoms with Crippen molar-refractivity contribution in [1.82, 2.24) is 0 Å². The zero-order valence-electron chi connectivity index (χ0n) is 15.4. The van der Waals surface area contributed by atoms with Crippen LogP contribution < -0.4 is 5.11 Å². The van der Waals surface area contributed by atoms with Gasteiger partial charge in [0.15, 0.2) is 0 Å². The molecule has 0 aliphatic rings. The van der Waals surface area contributed by atoms with E-state index in [1.54, 1.807) is 0 Å². The SMILES string of the molecule is O.O=C(O)c1cc([N+](=O)[O-])cc([N+](=O)[O-])c1O.O=C(O)c1cc([N+](=O)[O-])cc([N+](=O)[O-])c1[O-]. The first-order chi connectivity index (χ1) is 14.7. The Balaban J connectivity index is 0.000000602. The van der Waals surface area contributed by atoms with Crippen LogP contribution in [0.4, 0.5) is 22.7 Å². The number of hydrogen-bond donors (Lipinski definition) is 3. The van der Waals surface area contributed by atoms with Gasteiger partial charge in [0.05, 0.1) is 37.4 Å². The van der Waals surface area contributed by atoms with Gasteiger partial charge in [-0.3, -0.25) is 40.5 Å². The quantitative estimate of drug-likeness (QED) is 0.376. The predicted octanol–water partition coefficient (Wildman–Crippen LogP) is 0.357. The van der Waals surface area contributed by atoms with E-state index in [1.807, 2.05) is 0 Å². The van der Waals surface area contributed by atoms with Crippen molar-refractivity contribution in [3.63, 3.8) is 0 Å². The summed E-state index contributed by atoms with van der Waals surface area (Å²) in [5, 5.41) is 79.0. The molecule has 19 heteroatoms. The van der Waals surface area contributed by atoms with Crippen molar-refractivity contribution in [3.8, 4) is 11.5 Å². The monoisotopic (exact) mass is 473 g/mol. The van der Waals surface area contributed by atoms with Crippen LogP contribution >= 0.6 is 0 Å². The third-order valence-corrected chi connectivity index (χ3v) is 3.40. The molecule has 0 saturated carbocycles. The normalized spacial score (nSPS) is 9.45. The maximum atomic E-state index is 11.2. The summed E-state index contributed by atoms with van der Waals surface area (Å²) in [6.07, 6.45) is 0. The molecule has 0 aliphatic carbocycles. The van der Waals surface area contributed by atoms with Gasteiger partial charge in [0, 0.05) is 12.1 Å². The number of carboxylic acids is 2. The maximum Gasteiger partial charge on any atom is 0.340 e. The van der Waals surface area contributed by atoms with Crippen LogP contribution in [0.2, 0.25) is 0 Å². The number of phenols is 1. The average molecular weight is 473 g/mol. The average Bonchev–Trinajstić information content (AvgIpc) is 2.67. The maximum absolute atomic E-state index is 11.2. The molecular formula is C14H9N4O15-. The Labute approximate surface area is 178 Å². The minimum Gasteiger partial charge on any atom is -0.867 e. The standard InChI is InChI=1S/2C7H4N2O7.H2O/c2*10-6-4(7(11)12)1-3(8(13)14)2-5(6)9(15)16;/h2*1-2,10H,(H,11,12);1H2/p-1. The molecule has 0 unspecified atom stereocenters. The highest BCUT2D eigenvalue weighted by Gasteiger charge is 2.27. The molecule has 33 heavy (non-hydrogen) atoms. The van der Waals surface area contributed by atoms with E-state index in [-0.39, 0.29) is 5.48 Å². The largest absolute Gasteiger partial charge is 0.867 e. The smallest absolute Gasteiger partial charge is 0.340 e. The van der Waals surface area contributed by atoms with Gasteiger partial charge in [-0.1, -0.05) is 0 Å². The van der Waals surface area contributed by atoms with Gasteiger partial charge < -0.3 is 25.9 Å². The summed E-state index contributed by atoms with van der Waals surface area (Å²) in [6, 6.07) is 1.94. The molecule has 0 aliphatic heterocycles. The summed E-state index contributed by atoms with van der Waals surface area (Å²) in [5.41, 5.74) is -5.63. The Bertz CT molecular complexity index is 1010. The van der Waals surface area contributed by atoms with Crippen LogP contribution in [0.15, 0.2) is 24.3 Å². The Kier molecular flexibility index (Phi) is 8.79. The molecule has 0 saturated heterocycles. The van der Waals surface area contributed by atoms with Crippen molar-refractivity contribution >= 4 is 34.7 Å². The predicted molar refractivity (Wildman–Crippen MR) is 98.1 cm³/mol. The molecule has 5 N–H and O–H groups in total. The second kappa shape index (κ2) is 10.5. The third-order valence-electron chi connectivity index (χ3n) is 3.40. The molecule has 176 valence electrons. The van der Waals surface area contributed by atoms with Crippen molar-refractivity contribution in [1.29, 1.82) is 0 Å². The molecule has 2 rings (SSSR count). The van der Waals surface area contributed by atoms with E-state index in [4.69, 9.17) is 10.2 Å².